The minimum atomic E-state index is 0.360. The number of carbonyl (C=O) groups excluding carboxylic acids is 1. The van der Waals surface area contributed by atoms with Gasteiger partial charge in [0.2, 0.25) is 0 Å². The molecule has 2 nitrogen and oxygen atoms in total. The molecule has 2 heteroatoms. The first-order valence-corrected chi connectivity index (χ1v) is 12.5. The van der Waals surface area contributed by atoms with Gasteiger partial charge in [-0.25, -0.2) is 0 Å². The van der Waals surface area contributed by atoms with Gasteiger partial charge in [-0.1, -0.05) is 102 Å². The van der Waals surface area contributed by atoms with Gasteiger partial charge in [0.05, 0.1) is 0 Å². The van der Waals surface area contributed by atoms with E-state index in [-0.39, 0.29) is 0 Å². The Morgan fingerprint density at radius 1 is 0.724 bits per heavy atom. The molecule has 0 aliphatic heterocycles. The fourth-order valence-electron chi connectivity index (χ4n) is 4.72. The smallest absolute Gasteiger partial charge is 0.133 e. The van der Waals surface area contributed by atoms with Gasteiger partial charge in [0.1, 0.15) is 11.5 Å². The quantitative estimate of drug-likeness (QED) is 0.268. The second-order valence-electron chi connectivity index (χ2n) is 9.30. The van der Waals surface area contributed by atoms with E-state index in [9.17, 15) is 9.90 Å². The number of benzene rings is 1. The molecule has 0 amide bonds. The topological polar surface area (TPSA) is 37.3 Å². The Morgan fingerprint density at radius 3 is 1.76 bits per heavy atom. The lowest BCUT2D eigenvalue weighted by molar-refractivity contribution is -0.120. The normalized spacial score (nSPS) is 14.5. The van der Waals surface area contributed by atoms with Crippen molar-refractivity contribution in [2.45, 2.75) is 122 Å². The van der Waals surface area contributed by atoms with Crippen LogP contribution < -0.4 is 0 Å². The summed E-state index contributed by atoms with van der Waals surface area (Å²) in [6.45, 7) is 0. The zero-order chi connectivity index (χ0) is 20.6. The first kappa shape index (κ1) is 24.0. The summed E-state index contributed by atoms with van der Waals surface area (Å²) in [6, 6.07) is 7.63. The van der Waals surface area contributed by atoms with Crippen molar-refractivity contribution in [3.63, 3.8) is 0 Å². The number of aromatic hydroxyl groups is 1. The molecule has 1 fully saturated rings. The van der Waals surface area contributed by atoms with Gasteiger partial charge in [0, 0.05) is 12.8 Å². The van der Waals surface area contributed by atoms with Gasteiger partial charge in [-0.3, -0.25) is 4.79 Å². The molecule has 0 atom stereocenters. The van der Waals surface area contributed by atoms with E-state index in [1.807, 2.05) is 12.1 Å². The lowest BCUT2D eigenvalue weighted by Crippen LogP contribution is -2.04. The van der Waals surface area contributed by atoms with Gasteiger partial charge in [-0.15, -0.1) is 0 Å². The Hall–Kier alpha value is -1.31. The molecule has 0 heterocycles. The van der Waals surface area contributed by atoms with E-state index in [1.54, 1.807) is 12.1 Å². The van der Waals surface area contributed by atoms with E-state index < -0.39 is 0 Å². The molecule has 0 saturated heterocycles. The highest BCUT2D eigenvalue weighted by Crippen LogP contribution is 2.28. The molecule has 0 aromatic heterocycles. The number of hydrogen-bond donors (Lipinski definition) is 1. The maximum absolute atomic E-state index is 12.0. The molecule has 0 unspecified atom stereocenters. The zero-order valence-electron chi connectivity index (χ0n) is 18.7. The zero-order valence-corrected chi connectivity index (χ0v) is 18.7. The molecule has 1 aromatic carbocycles. The number of phenols is 1. The molecule has 0 radical (unpaired) electrons. The summed E-state index contributed by atoms with van der Waals surface area (Å²) in [4.78, 5) is 12.0. The highest BCUT2D eigenvalue weighted by Gasteiger charge is 2.17. The molecule has 1 aromatic rings. The van der Waals surface area contributed by atoms with Crippen LogP contribution in [0.2, 0.25) is 0 Å². The number of ketones is 1. The molecule has 1 saturated carbocycles. The number of unbranched alkanes of at least 4 members (excludes halogenated alkanes) is 11. The average Bonchev–Trinajstić information content (AvgIpc) is 3.22. The van der Waals surface area contributed by atoms with Crippen LogP contribution in [0.15, 0.2) is 24.3 Å². The molecule has 164 valence electrons. The first-order valence-electron chi connectivity index (χ1n) is 12.5. The molecule has 1 N–H and O–H groups in total. The van der Waals surface area contributed by atoms with Crippen molar-refractivity contribution in [3.05, 3.63) is 29.8 Å². The second kappa shape index (κ2) is 15.5. The molecular weight excluding hydrogens is 356 g/mol. The summed E-state index contributed by atoms with van der Waals surface area (Å²) < 4.78 is 0. The van der Waals surface area contributed by atoms with Crippen molar-refractivity contribution in [1.29, 1.82) is 0 Å². The number of phenolic OH excluding ortho intramolecular Hbond substituents is 1. The van der Waals surface area contributed by atoms with E-state index in [4.69, 9.17) is 0 Å². The molecule has 0 bridgehead atoms. The van der Waals surface area contributed by atoms with E-state index in [0.717, 1.165) is 31.6 Å². The molecule has 1 aliphatic rings. The number of rotatable bonds is 17. The molecular formula is C27H44O2. The number of hydrogen-bond acceptors (Lipinski definition) is 2. The maximum atomic E-state index is 12.0. The standard InChI is InChI=1S/C27H44O2/c28-26-21-19-24(20-22-26)15-11-9-7-5-3-1-2-4-6-8-10-12-18-27(29)23-25-16-13-14-17-25/h19-22,25,28H,1-18,23H2. The first-order chi connectivity index (χ1) is 14.2. The van der Waals surface area contributed by atoms with Crippen LogP contribution in [-0.4, -0.2) is 10.9 Å². The molecule has 1 aliphatic carbocycles. The Morgan fingerprint density at radius 2 is 1.21 bits per heavy atom. The summed E-state index contributed by atoms with van der Waals surface area (Å²) in [5.74, 6) is 1.61. The molecule has 29 heavy (non-hydrogen) atoms. The van der Waals surface area contributed by atoms with Gasteiger partial charge < -0.3 is 5.11 Å². The van der Waals surface area contributed by atoms with Crippen molar-refractivity contribution < 1.29 is 9.90 Å². The van der Waals surface area contributed by atoms with Crippen molar-refractivity contribution in [2.75, 3.05) is 0 Å². The van der Waals surface area contributed by atoms with E-state index in [2.05, 4.69) is 0 Å². The van der Waals surface area contributed by atoms with Crippen LogP contribution in [0.4, 0.5) is 0 Å². The second-order valence-corrected chi connectivity index (χ2v) is 9.30. The van der Waals surface area contributed by atoms with Crippen LogP contribution in [0.25, 0.3) is 0 Å². The third kappa shape index (κ3) is 12.1. The van der Waals surface area contributed by atoms with E-state index >= 15 is 0 Å². The van der Waals surface area contributed by atoms with Gasteiger partial charge in [-0.05, 0) is 42.9 Å². The van der Waals surface area contributed by atoms with Crippen LogP contribution in [0.3, 0.4) is 0 Å². The Labute approximate surface area is 179 Å². The molecule has 2 rings (SSSR count). The number of aryl methyl sites for hydroxylation is 1. The van der Waals surface area contributed by atoms with Crippen LogP contribution >= 0.6 is 0 Å². The summed E-state index contributed by atoms with van der Waals surface area (Å²) in [5.41, 5.74) is 1.33. The highest BCUT2D eigenvalue weighted by atomic mass is 16.3. The summed E-state index contributed by atoms with van der Waals surface area (Å²) in [5, 5.41) is 9.29. The third-order valence-corrected chi connectivity index (χ3v) is 6.60. The number of Topliss-reactive ketones (excluding diaryl/α,β-unsaturated/α-hetero) is 1. The predicted octanol–water partition coefficient (Wildman–Crippen LogP) is 8.16. The monoisotopic (exact) mass is 400 g/mol. The van der Waals surface area contributed by atoms with Crippen molar-refractivity contribution in [1.82, 2.24) is 0 Å². The van der Waals surface area contributed by atoms with Gasteiger partial charge in [0.15, 0.2) is 0 Å². The van der Waals surface area contributed by atoms with Crippen molar-refractivity contribution in [2.24, 2.45) is 5.92 Å². The maximum Gasteiger partial charge on any atom is 0.133 e. The SMILES string of the molecule is O=C(CCCCCCCCCCCCCCc1ccc(O)cc1)CC1CCCC1. The number of carbonyl (C=O) groups is 1. The summed E-state index contributed by atoms with van der Waals surface area (Å²) in [7, 11) is 0. The Balaban J connectivity index is 1.27. The van der Waals surface area contributed by atoms with Gasteiger partial charge >= 0.3 is 0 Å². The minimum Gasteiger partial charge on any atom is -0.508 e. The lowest BCUT2D eigenvalue weighted by Gasteiger charge is -2.07. The molecule has 0 spiro atoms. The highest BCUT2D eigenvalue weighted by molar-refractivity contribution is 5.78. The average molecular weight is 401 g/mol. The predicted molar refractivity (Wildman–Crippen MR) is 123 cm³/mol. The fraction of sp³-hybridized carbons (Fsp3) is 0.741. The van der Waals surface area contributed by atoms with E-state index in [0.29, 0.717) is 11.5 Å². The van der Waals surface area contributed by atoms with Crippen LogP contribution in [0.5, 0.6) is 5.75 Å². The fourth-order valence-corrected chi connectivity index (χ4v) is 4.72. The van der Waals surface area contributed by atoms with Crippen LogP contribution in [-0.2, 0) is 11.2 Å². The largest absolute Gasteiger partial charge is 0.508 e. The summed E-state index contributed by atoms with van der Waals surface area (Å²) >= 11 is 0. The lowest BCUT2D eigenvalue weighted by atomic mass is 9.97. The van der Waals surface area contributed by atoms with E-state index in [1.165, 1.54) is 102 Å². The Kier molecular flexibility index (Phi) is 12.8. The van der Waals surface area contributed by atoms with Gasteiger partial charge in [-0.2, -0.15) is 0 Å². The minimum absolute atomic E-state index is 0.360. The summed E-state index contributed by atoms with van der Waals surface area (Å²) in [6.07, 6.45) is 24.0. The van der Waals surface area contributed by atoms with Crippen molar-refractivity contribution in [3.8, 4) is 5.75 Å². The van der Waals surface area contributed by atoms with Crippen LogP contribution in [0.1, 0.15) is 121 Å². The van der Waals surface area contributed by atoms with Crippen molar-refractivity contribution >= 4 is 5.78 Å². The van der Waals surface area contributed by atoms with Crippen LogP contribution in [0, 0.1) is 5.92 Å². The third-order valence-electron chi connectivity index (χ3n) is 6.60. The van der Waals surface area contributed by atoms with Gasteiger partial charge in [0.25, 0.3) is 0 Å². The Bertz CT molecular complexity index is 528.